The maximum Gasteiger partial charge on any atom is 0.290 e. The Morgan fingerprint density at radius 2 is 1.82 bits per heavy atom. The van der Waals surface area contributed by atoms with Gasteiger partial charge in [0.15, 0.2) is 5.69 Å². The number of aromatic nitrogens is 3. The number of nitrogens with one attached hydrogen (secondary N) is 2. The molecule has 2 aromatic carbocycles. The van der Waals surface area contributed by atoms with E-state index in [9.17, 15) is 14.4 Å². The van der Waals surface area contributed by atoms with Crippen molar-refractivity contribution in [1.82, 2.24) is 19.6 Å². The number of halogens is 1. The van der Waals surface area contributed by atoms with Gasteiger partial charge in [-0.15, -0.1) is 0 Å². The third kappa shape index (κ3) is 4.57. The van der Waals surface area contributed by atoms with Crippen molar-refractivity contribution in [3.63, 3.8) is 0 Å². The molecule has 0 fully saturated rings. The van der Waals surface area contributed by atoms with Crippen LogP contribution < -0.4 is 16.2 Å². The Balaban J connectivity index is 1.59. The van der Waals surface area contributed by atoms with Crippen LogP contribution in [0.25, 0.3) is 33.3 Å². The molecule has 0 spiro atoms. The van der Waals surface area contributed by atoms with Crippen molar-refractivity contribution in [3.05, 3.63) is 93.5 Å². The van der Waals surface area contributed by atoms with Crippen molar-refractivity contribution in [2.24, 2.45) is 7.05 Å². The van der Waals surface area contributed by atoms with E-state index in [0.717, 1.165) is 10.1 Å². The van der Waals surface area contributed by atoms with Crippen LogP contribution in [0.5, 0.6) is 0 Å². The van der Waals surface area contributed by atoms with Gasteiger partial charge in [-0.2, -0.15) is 4.74 Å². The molecule has 40 heavy (non-hydrogen) atoms. The summed E-state index contributed by atoms with van der Waals surface area (Å²) in [6.45, 7) is 5.80. The summed E-state index contributed by atoms with van der Waals surface area (Å²) >= 11 is 0. The highest BCUT2D eigenvalue weighted by Crippen LogP contribution is 2.34. The molecule has 0 saturated heterocycles. The Bertz CT molecular complexity index is 1860. The van der Waals surface area contributed by atoms with Crippen LogP contribution in [-0.2, 0) is 13.6 Å². The fraction of sp³-hybridized carbons (Fsp3) is 0.200. The predicted molar refractivity (Wildman–Crippen MR) is 151 cm³/mol. The fourth-order valence-electron chi connectivity index (χ4n) is 5.02. The summed E-state index contributed by atoms with van der Waals surface area (Å²) in [7, 11) is 3.04. The summed E-state index contributed by atoms with van der Waals surface area (Å²) in [5.74, 6) is -0.836. The number of hydrogen-bond donors (Lipinski definition) is 2. The summed E-state index contributed by atoms with van der Waals surface area (Å²) < 4.78 is 23.9. The summed E-state index contributed by atoms with van der Waals surface area (Å²) in [5, 5.41) is 6.13. The molecule has 10 heteroatoms. The number of carbonyl (C=O) groups is 2. The molecule has 204 valence electrons. The minimum atomic E-state index is -0.514. The van der Waals surface area contributed by atoms with E-state index in [1.807, 2.05) is 23.6 Å². The van der Waals surface area contributed by atoms with Crippen molar-refractivity contribution < 1.29 is 18.5 Å². The molecule has 0 atom stereocenters. The van der Waals surface area contributed by atoms with Crippen LogP contribution in [0.15, 0.2) is 63.9 Å². The van der Waals surface area contributed by atoms with Crippen LogP contribution in [0.1, 0.15) is 39.2 Å². The number of rotatable bonds is 6. The topological polar surface area (TPSA) is 111 Å². The highest BCUT2D eigenvalue weighted by atomic mass is 19.1. The molecule has 9 nitrogen and oxygen atoms in total. The first-order valence-corrected chi connectivity index (χ1v) is 12.7. The molecule has 0 aliphatic carbocycles. The van der Waals surface area contributed by atoms with Crippen molar-refractivity contribution in [2.75, 3.05) is 12.4 Å². The van der Waals surface area contributed by atoms with E-state index in [1.54, 1.807) is 50.2 Å². The second kappa shape index (κ2) is 10.3. The van der Waals surface area contributed by atoms with E-state index in [2.05, 4.69) is 15.6 Å². The zero-order chi connectivity index (χ0) is 28.7. The van der Waals surface area contributed by atoms with Gasteiger partial charge in [0.05, 0.1) is 16.8 Å². The zero-order valence-corrected chi connectivity index (χ0v) is 22.8. The number of amides is 2. The molecule has 5 aromatic rings. The lowest BCUT2D eigenvalue weighted by Crippen LogP contribution is -2.19. The van der Waals surface area contributed by atoms with Gasteiger partial charge in [-0.3, -0.25) is 14.4 Å². The summed E-state index contributed by atoms with van der Waals surface area (Å²) in [4.78, 5) is 42.5. The lowest BCUT2D eigenvalue weighted by atomic mass is 10.0. The molecule has 0 aliphatic heterocycles. The quantitative estimate of drug-likeness (QED) is 0.313. The standard InChI is InChI=1S/C30H28FN5O4/c1-6-36-24(22-11-10-18(14-23(22)31)25-17(3)40-35(5)30(25)39)15-20-12-16(2)33-26(27(20)36)29(38)34-21-9-7-8-19(13-21)28(37)32-4/h7-15H,6H2,1-5H3,(H,32,37)(H,34,38). The van der Waals surface area contributed by atoms with Crippen molar-refractivity contribution in [1.29, 1.82) is 0 Å². The van der Waals surface area contributed by atoms with Gasteiger partial charge in [0.2, 0.25) is 0 Å². The number of pyridine rings is 1. The summed E-state index contributed by atoms with van der Waals surface area (Å²) in [6, 6.07) is 14.9. The van der Waals surface area contributed by atoms with Crippen LogP contribution in [-0.4, -0.2) is 33.2 Å². The average molecular weight is 542 g/mol. The average Bonchev–Trinajstić information content (AvgIpc) is 3.42. The maximum absolute atomic E-state index is 15.6. The van der Waals surface area contributed by atoms with E-state index in [-0.39, 0.29) is 17.2 Å². The normalized spacial score (nSPS) is 11.2. The van der Waals surface area contributed by atoms with Crippen molar-refractivity contribution >= 4 is 28.4 Å². The lowest BCUT2D eigenvalue weighted by molar-refractivity contribution is 0.0961. The number of hydrogen-bond acceptors (Lipinski definition) is 5. The van der Waals surface area contributed by atoms with Gasteiger partial charge in [0.25, 0.3) is 17.4 Å². The molecule has 3 heterocycles. The smallest absolute Gasteiger partial charge is 0.290 e. The van der Waals surface area contributed by atoms with Crippen LogP contribution in [0, 0.1) is 19.7 Å². The van der Waals surface area contributed by atoms with Gasteiger partial charge in [-0.25, -0.2) is 9.37 Å². The minimum Gasteiger partial charge on any atom is -0.381 e. The maximum atomic E-state index is 15.6. The molecular formula is C30H28FN5O4. The Morgan fingerprint density at radius 1 is 1.05 bits per heavy atom. The van der Waals surface area contributed by atoms with Crippen molar-refractivity contribution in [2.45, 2.75) is 27.3 Å². The Hall–Kier alpha value is -4.99. The molecule has 0 aliphatic rings. The number of nitrogens with zero attached hydrogens (tertiary/aromatic N) is 3. The molecule has 0 bridgehead atoms. The van der Waals surface area contributed by atoms with Gasteiger partial charge < -0.3 is 19.7 Å². The van der Waals surface area contributed by atoms with Gasteiger partial charge in [-0.05, 0) is 68.8 Å². The number of fused-ring (bicyclic) bond motifs is 1. The monoisotopic (exact) mass is 541 g/mol. The third-order valence-electron chi connectivity index (χ3n) is 6.80. The first-order chi connectivity index (χ1) is 19.1. The summed E-state index contributed by atoms with van der Waals surface area (Å²) in [6.07, 6.45) is 0. The Morgan fingerprint density at radius 3 is 2.48 bits per heavy atom. The highest BCUT2D eigenvalue weighted by molar-refractivity contribution is 6.12. The largest absolute Gasteiger partial charge is 0.381 e. The minimum absolute atomic E-state index is 0.183. The highest BCUT2D eigenvalue weighted by Gasteiger charge is 2.22. The SMILES string of the molecule is CCn1c(-c2ccc(-c3c(C)on(C)c3=O)cc2F)cc2cc(C)nc(C(=O)Nc3cccc(C(=O)NC)c3)c21. The van der Waals surface area contributed by atoms with E-state index in [1.165, 1.54) is 20.2 Å². The third-order valence-corrected chi connectivity index (χ3v) is 6.80. The molecule has 2 amide bonds. The zero-order valence-electron chi connectivity index (χ0n) is 22.8. The van der Waals surface area contributed by atoms with E-state index in [0.29, 0.717) is 57.2 Å². The first kappa shape index (κ1) is 26.6. The molecular weight excluding hydrogens is 513 g/mol. The van der Waals surface area contributed by atoms with E-state index >= 15 is 4.39 Å². The van der Waals surface area contributed by atoms with E-state index in [4.69, 9.17) is 4.52 Å². The van der Waals surface area contributed by atoms with Gasteiger partial charge in [0.1, 0.15) is 11.6 Å². The Kier molecular flexibility index (Phi) is 6.85. The summed E-state index contributed by atoms with van der Waals surface area (Å²) in [5.41, 5.74) is 3.50. The van der Waals surface area contributed by atoms with Crippen molar-refractivity contribution in [3.8, 4) is 22.4 Å². The van der Waals surface area contributed by atoms with Crippen LogP contribution in [0.4, 0.5) is 10.1 Å². The lowest BCUT2D eigenvalue weighted by Gasteiger charge is -2.13. The Labute approximate surface area is 229 Å². The molecule has 0 radical (unpaired) electrons. The second-order valence-electron chi connectivity index (χ2n) is 9.46. The molecule has 0 unspecified atom stereocenters. The van der Waals surface area contributed by atoms with Crippen LogP contribution in [0.3, 0.4) is 0 Å². The number of aryl methyl sites for hydroxylation is 4. The van der Waals surface area contributed by atoms with Gasteiger partial charge >= 0.3 is 0 Å². The molecule has 2 N–H and O–H groups in total. The van der Waals surface area contributed by atoms with Crippen LogP contribution in [0.2, 0.25) is 0 Å². The molecule has 5 rings (SSSR count). The molecule has 0 saturated carbocycles. The van der Waals surface area contributed by atoms with Crippen LogP contribution >= 0.6 is 0 Å². The number of carbonyl (C=O) groups excluding carboxylic acids is 2. The molecule has 3 aromatic heterocycles. The number of anilines is 1. The fourth-order valence-corrected chi connectivity index (χ4v) is 5.02. The van der Waals surface area contributed by atoms with E-state index < -0.39 is 11.7 Å². The second-order valence-corrected chi connectivity index (χ2v) is 9.46. The van der Waals surface area contributed by atoms with Gasteiger partial charge in [-0.1, -0.05) is 12.1 Å². The van der Waals surface area contributed by atoms with Gasteiger partial charge in [0, 0.05) is 48.5 Å². The number of benzene rings is 2. The first-order valence-electron chi connectivity index (χ1n) is 12.7. The predicted octanol–water partition coefficient (Wildman–Crippen LogP) is 5.05.